The molecule has 0 atom stereocenters. The van der Waals surface area contributed by atoms with Crippen molar-refractivity contribution in [2.24, 2.45) is 0 Å². The molecular formula is C22H20ClFN2O4S. The van der Waals surface area contributed by atoms with Crippen LogP contribution in [0, 0.1) is 5.82 Å². The summed E-state index contributed by atoms with van der Waals surface area (Å²) in [7, 11) is -2.82. The fraction of sp³-hybridized carbons (Fsp3) is 0.273. The second kappa shape index (κ2) is 8.43. The molecule has 0 radical (unpaired) electrons. The Labute approximate surface area is 184 Å². The van der Waals surface area contributed by atoms with Crippen molar-refractivity contribution < 1.29 is 22.3 Å². The maximum atomic E-state index is 14.1. The maximum absolute atomic E-state index is 14.1. The van der Waals surface area contributed by atoms with Crippen molar-refractivity contribution in [3.63, 3.8) is 0 Å². The molecule has 6 nitrogen and oxygen atoms in total. The molecule has 1 saturated heterocycles. The van der Waals surface area contributed by atoms with E-state index in [-0.39, 0.29) is 31.3 Å². The molecule has 4 rings (SSSR count). The largest absolute Gasteiger partial charge is 0.495 e. The van der Waals surface area contributed by atoms with Gasteiger partial charge in [-0.1, -0.05) is 11.6 Å². The number of ether oxygens (including phenoxy) is 1. The van der Waals surface area contributed by atoms with Gasteiger partial charge in [-0.3, -0.25) is 9.78 Å². The molecule has 3 aromatic rings. The quantitative estimate of drug-likeness (QED) is 0.570. The first-order chi connectivity index (χ1) is 14.8. The van der Waals surface area contributed by atoms with Crippen LogP contribution in [0.25, 0.3) is 10.9 Å². The third-order valence-electron chi connectivity index (χ3n) is 5.36. The summed E-state index contributed by atoms with van der Waals surface area (Å²) in [5.74, 6) is -0.742. The molecule has 31 heavy (non-hydrogen) atoms. The number of benzene rings is 2. The summed E-state index contributed by atoms with van der Waals surface area (Å²) in [5, 5.41) is 0.159. The number of pyridine rings is 1. The summed E-state index contributed by atoms with van der Waals surface area (Å²) in [5.41, 5.74) is 0.196. The van der Waals surface area contributed by atoms with E-state index in [1.54, 1.807) is 4.90 Å². The van der Waals surface area contributed by atoms with Crippen LogP contribution in [0.2, 0.25) is 5.02 Å². The number of carbonyl (C=O) groups excluding carboxylic acids is 1. The van der Waals surface area contributed by atoms with Crippen LogP contribution in [0.1, 0.15) is 29.6 Å². The molecule has 1 aliphatic heterocycles. The molecule has 2 aromatic carbocycles. The van der Waals surface area contributed by atoms with Crippen LogP contribution < -0.4 is 4.74 Å². The van der Waals surface area contributed by atoms with Gasteiger partial charge >= 0.3 is 0 Å². The van der Waals surface area contributed by atoms with Crippen LogP contribution >= 0.6 is 11.6 Å². The Morgan fingerprint density at radius 1 is 1.13 bits per heavy atom. The van der Waals surface area contributed by atoms with Crippen LogP contribution in [0.3, 0.4) is 0 Å². The van der Waals surface area contributed by atoms with Gasteiger partial charge in [0.15, 0.2) is 0 Å². The van der Waals surface area contributed by atoms with Gasteiger partial charge in [-0.15, -0.1) is 0 Å². The minimum absolute atomic E-state index is 0.0507. The van der Waals surface area contributed by atoms with Gasteiger partial charge in [0.1, 0.15) is 11.6 Å². The van der Waals surface area contributed by atoms with E-state index < -0.39 is 21.6 Å². The summed E-state index contributed by atoms with van der Waals surface area (Å²) < 4.78 is 46.6. The van der Waals surface area contributed by atoms with Gasteiger partial charge in [-0.2, -0.15) is 0 Å². The van der Waals surface area contributed by atoms with E-state index in [4.69, 9.17) is 16.3 Å². The summed E-state index contributed by atoms with van der Waals surface area (Å²) in [6.07, 6.45) is 3.96. The molecule has 1 aliphatic rings. The van der Waals surface area contributed by atoms with Crippen molar-refractivity contribution in [1.29, 1.82) is 0 Å². The molecule has 162 valence electrons. The van der Waals surface area contributed by atoms with Gasteiger partial charge in [0, 0.05) is 24.7 Å². The summed E-state index contributed by atoms with van der Waals surface area (Å²) in [6.45, 7) is 1.07. The zero-order chi connectivity index (χ0) is 22.2. The number of hydrogen-bond acceptors (Lipinski definition) is 5. The molecule has 2 heterocycles. The first-order valence-electron chi connectivity index (χ1n) is 9.79. The maximum Gasteiger partial charge on any atom is 0.256 e. The van der Waals surface area contributed by atoms with E-state index in [1.165, 1.54) is 43.6 Å². The number of hydrogen-bond donors (Lipinski definition) is 0. The highest BCUT2D eigenvalue weighted by Gasteiger charge is 2.31. The molecule has 1 amide bonds. The smallest absolute Gasteiger partial charge is 0.256 e. The first-order valence-corrected chi connectivity index (χ1v) is 11.6. The first kappa shape index (κ1) is 21.5. The molecule has 0 aliphatic carbocycles. The van der Waals surface area contributed by atoms with E-state index >= 15 is 0 Å². The van der Waals surface area contributed by atoms with E-state index in [9.17, 15) is 17.6 Å². The number of rotatable bonds is 4. The fourth-order valence-corrected chi connectivity index (χ4v) is 5.74. The van der Waals surface area contributed by atoms with Gasteiger partial charge in [0.05, 0.1) is 33.0 Å². The Morgan fingerprint density at radius 3 is 2.55 bits per heavy atom. The highest BCUT2D eigenvalue weighted by Crippen LogP contribution is 2.35. The SMILES string of the molecule is COc1ccc(S(=O)(=O)c2c(C(=O)N3CCCCC3)cnc3ccc(F)cc23)cc1Cl. The number of sulfone groups is 1. The van der Waals surface area contributed by atoms with Gasteiger partial charge < -0.3 is 9.64 Å². The molecule has 0 unspecified atom stereocenters. The van der Waals surface area contributed by atoms with Crippen LogP contribution in [-0.4, -0.2) is 44.4 Å². The number of likely N-dealkylation sites (tertiary alicyclic amines) is 1. The summed E-state index contributed by atoms with van der Waals surface area (Å²) in [6, 6.07) is 7.72. The number of carbonyl (C=O) groups is 1. The Bertz CT molecular complexity index is 1270. The average Bonchev–Trinajstić information content (AvgIpc) is 2.78. The normalized spacial score (nSPS) is 14.6. The lowest BCUT2D eigenvalue weighted by atomic mass is 10.1. The third-order valence-corrected chi connectivity index (χ3v) is 7.50. The lowest BCUT2D eigenvalue weighted by Gasteiger charge is -2.27. The molecule has 0 bridgehead atoms. The Balaban J connectivity index is 1.96. The third kappa shape index (κ3) is 3.97. The van der Waals surface area contributed by atoms with Crippen LogP contribution in [0.5, 0.6) is 5.75 Å². The fourth-order valence-electron chi connectivity index (χ4n) is 3.78. The zero-order valence-corrected chi connectivity index (χ0v) is 18.3. The van der Waals surface area contributed by atoms with Gasteiger partial charge in [0.25, 0.3) is 5.91 Å². The Hall–Kier alpha value is -2.71. The number of halogens is 2. The molecule has 0 spiro atoms. The van der Waals surface area contributed by atoms with Crippen molar-refractivity contribution in [3.8, 4) is 5.75 Å². The number of methoxy groups -OCH3 is 1. The van der Waals surface area contributed by atoms with E-state index in [0.29, 0.717) is 18.8 Å². The standard InChI is InChI=1S/C22H20ClFN2O4S/c1-30-20-8-6-15(12-18(20)23)31(28,29)21-16-11-14(24)5-7-19(16)25-13-17(21)22(27)26-9-3-2-4-10-26/h5-8,11-13H,2-4,9-10H2,1H3. The number of amides is 1. The molecule has 0 saturated carbocycles. The Kier molecular flexibility index (Phi) is 5.85. The minimum atomic E-state index is -4.24. The molecule has 1 fully saturated rings. The summed E-state index contributed by atoms with van der Waals surface area (Å²) in [4.78, 5) is 18.7. The lowest BCUT2D eigenvalue weighted by molar-refractivity contribution is 0.0720. The minimum Gasteiger partial charge on any atom is -0.495 e. The highest BCUT2D eigenvalue weighted by molar-refractivity contribution is 7.91. The number of nitrogens with zero attached hydrogens (tertiary/aromatic N) is 2. The van der Waals surface area contributed by atoms with Crippen molar-refractivity contribution in [2.45, 2.75) is 29.1 Å². The van der Waals surface area contributed by atoms with Crippen LogP contribution in [0.15, 0.2) is 52.4 Å². The van der Waals surface area contributed by atoms with Gasteiger partial charge in [0.2, 0.25) is 9.84 Å². The van der Waals surface area contributed by atoms with Gasteiger partial charge in [-0.05, 0) is 55.7 Å². The number of aromatic nitrogens is 1. The number of piperidine rings is 1. The molecule has 9 heteroatoms. The van der Waals surface area contributed by atoms with Crippen LogP contribution in [-0.2, 0) is 9.84 Å². The van der Waals surface area contributed by atoms with Crippen LogP contribution in [0.4, 0.5) is 4.39 Å². The second-order valence-corrected chi connectivity index (χ2v) is 9.61. The molecular weight excluding hydrogens is 443 g/mol. The van der Waals surface area contributed by atoms with E-state index in [2.05, 4.69) is 4.98 Å². The number of fused-ring (bicyclic) bond motifs is 1. The van der Waals surface area contributed by atoms with E-state index in [1.807, 2.05) is 0 Å². The average molecular weight is 463 g/mol. The molecule has 1 aromatic heterocycles. The van der Waals surface area contributed by atoms with Gasteiger partial charge in [-0.25, -0.2) is 12.8 Å². The second-order valence-electron chi connectivity index (χ2n) is 7.32. The molecule has 0 N–H and O–H groups in total. The monoisotopic (exact) mass is 462 g/mol. The lowest BCUT2D eigenvalue weighted by Crippen LogP contribution is -2.36. The predicted octanol–water partition coefficient (Wildman–Crippen LogP) is 4.49. The topological polar surface area (TPSA) is 76.6 Å². The van der Waals surface area contributed by atoms with Crippen molar-refractivity contribution >= 4 is 38.2 Å². The van der Waals surface area contributed by atoms with Crippen molar-refractivity contribution in [1.82, 2.24) is 9.88 Å². The zero-order valence-electron chi connectivity index (χ0n) is 16.8. The van der Waals surface area contributed by atoms with Crippen molar-refractivity contribution in [3.05, 3.63) is 59.0 Å². The Morgan fingerprint density at radius 2 is 1.87 bits per heavy atom. The highest BCUT2D eigenvalue weighted by atomic mass is 35.5. The van der Waals surface area contributed by atoms with E-state index in [0.717, 1.165) is 25.3 Å². The van der Waals surface area contributed by atoms with Crippen molar-refractivity contribution in [2.75, 3.05) is 20.2 Å². The summed E-state index contributed by atoms with van der Waals surface area (Å²) >= 11 is 6.15. The predicted molar refractivity (Wildman–Crippen MR) is 115 cm³/mol.